The Balaban J connectivity index is 2.33. The molecular weight excluding hydrogens is 202 g/mol. The monoisotopic (exact) mass is 217 g/mol. The molecule has 3 nitrogen and oxygen atoms in total. The van der Waals surface area contributed by atoms with Crippen molar-refractivity contribution in [2.75, 3.05) is 7.11 Å². The van der Waals surface area contributed by atoms with Crippen molar-refractivity contribution in [1.29, 1.82) is 0 Å². The van der Waals surface area contributed by atoms with Gasteiger partial charge in [0.15, 0.2) is 0 Å². The number of benzene rings is 1. The van der Waals surface area contributed by atoms with Crippen LogP contribution in [-0.2, 0) is 0 Å². The van der Waals surface area contributed by atoms with Crippen molar-refractivity contribution >= 4 is 0 Å². The first-order chi connectivity index (χ1) is 7.72. The second kappa shape index (κ2) is 4.41. The lowest BCUT2D eigenvalue weighted by Crippen LogP contribution is -2.12. The summed E-state index contributed by atoms with van der Waals surface area (Å²) in [6.45, 7) is 1.91. The van der Waals surface area contributed by atoms with E-state index >= 15 is 0 Å². The van der Waals surface area contributed by atoms with Crippen LogP contribution in [0.3, 0.4) is 0 Å². The Morgan fingerprint density at radius 3 is 2.75 bits per heavy atom. The van der Waals surface area contributed by atoms with Gasteiger partial charge in [-0.05, 0) is 30.7 Å². The number of rotatable bonds is 3. The highest BCUT2D eigenvalue weighted by Gasteiger charge is 2.13. The second-order valence-corrected chi connectivity index (χ2v) is 3.69. The van der Waals surface area contributed by atoms with E-state index in [1.807, 2.05) is 37.3 Å². The molecule has 2 rings (SSSR count). The van der Waals surface area contributed by atoms with Crippen LogP contribution in [0.25, 0.3) is 0 Å². The first kappa shape index (κ1) is 10.8. The average molecular weight is 217 g/mol. The molecule has 2 aromatic rings. The van der Waals surface area contributed by atoms with Gasteiger partial charge in [-0.3, -0.25) is 0 Å². The number of furan rings is 1. The van der Waals surface area contributed by atoms with E-state index < -0.39 is 0 Å². The molecule has 84 valence electrons. The van der Waals surface area contributed by atoms with Crippen molar-refractivity contribution in [3.8, 4) is 5.75 Å². The van der Waals surface area contributed by atoms with Crippen LogP contribution in [0, 0.1) is 6.92 Å². The number of hydrogen-bond acceptors (Lipinski definition) is 3. The first-order valence-electron chi connectivity index (χ1n) is 5.16. The van der Waals surface area contributed by atoms with Crippen molar-refractivity contribution in [2.24, 2.45) is 5.73 Å². The van der Waals surface area contributed by atoms with Gasteiger partial charge in [0, 0.05) is 5.56 Å². The van der Waals surface area contributed by atoms with E-state index in [0.717, 1.165) is 22.6 Å². The summed E-state index contributed by atoms with van der Waals surface area (Å²) < 4.78 is 10.4. The summed E-state index contributed by atoms with van der Waals surface area (Å²) in [5, 5.41) is 0. The maximum Gasteiger partial charge on any atom is 0.119 e. The fraction of sp³-hybridized carbons (Fsp3) is 0.231. The van der Waals surface area contributed by atoms with E-state index in [2.05, 4.69) is 0 Å². The number of aryl methyl sites for hydroxylation is 1. The second-order valence-electron chi connectivity index (χ2n) is 3.69. The lowest BCUT2D eigenvalue weighted by atomic mass is 10.0. The van der Waals surface area contributed by atoms with E-state index in [-0.39, 0.29) is 6.04 Å². The molecule has 0 radical (unpaired) electrons. The Hall–Kier alpha value is -1.74. The molecule has 1 aromatic heterocycles. The highest BCUT2D eigenvalue weighted by atomic mass is 16.5. The summed E-state index contributed by atoms with van der Waals surface area (Å²) >= 11 is 0. The highest BCUT2D eigenvalue weighted by molar-refractivity contribution is 5.36. The molecule has 16 heavy (non-hydrogen) atoms. The van der Waals surface area contributed by atoms with Crippen molar-refractivity contribution in [3.63, 3.8) is 0 Å². The lowest BCUT2D eigenvalue weighted by molar-refractivity contribution is 0.414. The SMILES string of the molecule is COc1cccc(C(N)c2ccoc2C)c1. The van der Waals surface area contributed by atoms with E-state index in [9.17, 15) is 0 Å². The van der Waals surface area contributed by atoms with Crippen LogP contribution in [0.4, 0.5) is 0 Å². The van der Waals surface area contributed by atoms with Gasteiger partial charge in [-0.1, -0.05) is 12.1 Å². The third-order valence-electron chi connectivity index (χ3n) is 2.69. The molecule has 0 aliphatic carbocycles. The van der Waals surface area contributed by atoms with Gasteiger partial charge in [-0.15, -0.1) is 0 Å². The fourth-order valence-electron chi connectivity index (χ4n) is 1.73. The van der Waals surface area contributed by atoms with Crippen molar-refractivity contribution < 1.29 is 9.15 Å². The van der Waals surface area contributed by atoms with Gasteiger partial charge in [-0.2, -0.15) is 0 Å². The Kier molecular flexibility index (Phi) is 2.97. The summed E-state index contributed by atoms with van der Waals surface area (Å²) in [6, 6.07) is 9.49. The van der Waals surface area contributed by atoms with E-state index in [1.54, 1.807) is 13.4 Å². The summed E-state index contributed by atoms with van der Waals surface area (Å²) in [7, 11) is 1.65. The van der Waals surface area contributed by atoms with Gasteiger partial charge in [0.1, 0.15) is 11.5 Å². The quantitative estimate of drug-likeness (QED) is 0.859. The molecule has 0 bridgehead atoms. The van der Waals surface area contributed by atoms with Crippen molar-refractivity contribution in [3.05, 3.63) is 53.5 Å². The zero-order chi connectivity index (χ0) is 11.5. The third-order valence-corrected chi connectivity index (χ3v) is 2.69. The molecule has 2 N–H and O–H groups in total. The molecule has 0 amide bonds. The standard InChI is InChI=1S/C13H15NO2/c1-9-12(6-7-16-9)13(14)10-4-3-5-11(8-10)15-2/h3-8,13H,14H2,1-2H3. The average Bonchev–Trinajstić information content (AvgIpc) is 2.74. The minimum atomic E-state index is -0.172. The maximum atomic E-state index is 6.17. The minimum absolute atomic E-state index is 0.172. The molecule has 0 spiro atoms. The molecule has 0 saturated carbocycles. The smallest absolute Gasteiger partial charge is 0.119 e. The number of hydrogen-bond donors (Lipinski definition) is 1. The number of ether oxygens (including phenoxy) is 1. The molecule has 0 aliphatic rings. The Labute approximate surface area is 94.8 Å². The molecule has 1 atom stereocenters. The van der Waals surface area contributed by atoms with Crippen LogP contribution in [0.5, 0.6) is 5.75 Å². The van der Waals surface area contributed by atoms with Crippen LogP contribution in [-0.4, -0.2) is 7.11 Å². The van der Waals surface area contributed by atoms with Crippen LogP contribution in [0.2, 0.25) is 0 Å². The normalized spacial score (nSPS) is 12.4. The topological polar surface area (TPSA) is 48.4 Å². The number of nitrogens with two attached hydrogens (primary N) is 1. The maximum absolute atomic E-state index is 6.17. The summed E-state index contributed by atoms with van der Waals surface area (Å²) in [4.78, 5) is 0. The van der Waals surface area contributed by atoms with Gasteiger partial charge < -0.3 is 14.9 Å². The first-order valence-corrected chi connectivity index (χ1v) is 5.16. The lowest BCUT2D eigenvalue weighted by Gasteiger charge is -2.12. The molecule has 0 fully saturated rings. The molecule has 0 saturated heterocycles. The summed E-state index contributed by atoms with van der Waals surface area (Å²) in [6.07, 6.45) is 1.66. The van der Waals surface area contributed by atoms with Gasteiger partial charge in [-0.25, -0.2) is 0 Å². The molecule has 1 aromatic carbocycles. The molecule has 3 heteroatoms. The minimum Gasteiger partial charge on any atom is -0.497 e. The fourth-order valence-corrected chi connectivity index (χ4v) is 1.73. The van der Waals surface area contributed by atoms with Gasteiger partial charge >= 0.3 is 0 Å². The third kappa shape index (κ3) is 1.95. The van der Waals surface area contributed by atoms with E-state index in [0.29, 0.717) is 0 Å². The largest absolute Gasteiger partial charge is 0.497 e. The van der Waals surface area contributed by atoms with Gasteiger partial charge in [0.25, 0.3) is 0 Å². The van der Waals surface area contributed by atoms with Crippen LogP contribution < -0.4 is 10.5 Å². The Bertz CT molecular complexity index is 476. The zero-order valence-electron chi connectivity index (χ0n) is 9.44. The van der Waals surface area contributed by atoms with Crippen LogP contribution in [0.15, 0.2) is 41.0 Å². The van der Waals surface area contributed by atoms with E-state index in [1.165, 1.54) is 0 Å². The van der Waals surface area contributed by atoms with Crippen molar-refractivity contribution in [2.45, 2.75) is 13.0 Å². The van der Waals surface area contributed by atoms with Gasteiger partial charge in [0.05, 0.1) is 19.4 Å². The van der Waals surface area contributed by atoms with Crippen LogP contribution in [0.1, 0.15) is 22.9 Å². The number of methoxy groups -OCH3 is 1. The van der Waals surface area contributed by atoms with Crippen molar-refractivity contribution in [1.82, 2.24) is 0 Å². The highest BCUT2D eigenvalue weighted by Crippen LogP contribution is 2.25. The molecule has 1 heterocycles. The Morgan fingerprint density at radius 1 is 1.31 bits per heavy atom. The zero-order valence-corrected chi connectivity index (χ0v) is 9.44. The predicted molar refractivity (Wildman–Crippen MR) is 62.5 cm³/mol. The van der Waals surface area contributed by atoms with Crippen LogP contribution >= 0.6 is 0 Å². The molecule has 0 aliphatic heterocycles. The summed E-state index contributed by atoms with van der Waals surface area (Å²) in [5.41, 5.74) is 8.19. The van der Waals surface area contributed by atoms with Gasteiger partial charge in [0.2, 0.25) is 0 Å². The Morgan fingerprint density at radius 2 is 2.12 bits per heavy atom. The van der Waals surface area contributed by atoms with E-state index in [4.69, 9.17) is 14.9 Å². The molecular formula is C13H15NO2. The predicted octanol–water partition coefficient (Wildman–Crippen LogP) is 2.64. The summed E-state index contributed by atoms with van der Waals surface area (Å²) in [5.74, 6) is 1.67. The molecule has 1 unspecified atom stereocenters.